The van der Waals surface area contributed by atoms with Gasteiger partial charge in [-0.1, -0.05) is 6.58 Å². The Morgan fingerprint density at radius 3 is 2.50 bits per heavy atom. The Morgan fingerprint density at radius 2 is 2.10 bits per heavy atom. The van der Waals surface area contributed by atoms with Crippen molar-refractivity contribution in [2.24, 2.45) is 0 Å². The van der Waals surface area contributed by atoms with E-state index in [9.17, 15) is 4.57 Å². The molecule has 1 rings (SSSR count). The molecule has 0 aromatic rings. The monoisotopic (exact) mass is 164 g/mol. The molecule has 0 bridgehead atoms. The topological polar surface area (TPSA) is 44.8 Å². The molecule has 1 aliphatic rings. The lowest BCUT2D eigenvalue weighted by Crippen LogP contribution is -2.11. The van der Waals surface area contributed by atoms with Crippen molar-refractivity contribution in [2.75, 3.05) is 20.3 Å². The van der Waals surface area contributed by atoms with Crippen molar-refractivity contribution in [1.29, 1.82) is 0 Å². The maximum Gasteiger partial charge on any atom is 0.475 e. The zero-order valence-corrected chi connectivity index (χ0v) is 6.60. The first-order valence-electron chi connectivity index (χ1n) is 2.78. The van der Waals surface area contributed by atoms with Crippen LogP contribution in [0.4, 0.5) is 0 Å². The maximum atomic E-state index is 11.0. The van der Waals surface area contributed by atoms with Crippen LogP contribution in [-0.4, -0.2) is 20.3 Å². The minimum Gasteiger partial charge on any atom is -0.290 e. The molecule has 0 amide bonds. The van der Waals surface area contributed by atoms with Crippen molar-refractivity contribution in [2.45, 2.75) is 0 Å². The zero-order valence-electron chi connectivity index (χ0n) is 5.70. The average molecular weight is 164 g/mol. The summed E-state index contributed by atoms with van der Waals surface area (Å²) in [5, 5.41) is 0. The van der Waals surface area contributed by atoms with Gasteiger partial charge in [-0.25, -0.2) is 4.57 Å². The first-order chi connectivity index (χ1) is 4.66. The van der Waals surface area contributed by atoms with Crippen LogP contribution < -0.4 is 0 Å². The molecule has 0 unspecified atom stereocenters. The number of phosphoric ester groups is 1. The molecule has 10 heavy (non-hydrogen) atoms. The smallest absolute Gasteiger partial charge is 0.290 e. The largest absolute Gasteiger partial charge is 0.475 e. The van der Waals surface area contributed by atoms with Crippen LogP contribution in [0.2, 0.25) is 0 Å². The molecule has 0 radical (unpaired) electrons. The Kier molecular flexibility index (Phi) is 2.26. The number of phosphoric acid groups is 1. The molecule has 4 nitrogen and oxygen atoms in total. The molecule has 58 valence electrons. The van der Waals surface area contributed by atoms with E-state index in [0.717, 1.165) is 5.57 Å². The van der Waals surface area contributed by atoms with Crippen molar-refractivity contribution in [1.82, 2.24) is 0 Å². The fraction of sp³-hybridized carbons (Fsp3) is 0.600. The summed E-state index contributed by atoms with van der Waals surface area (Å²) in [5.74, 6) is 0. The summed E-state index contributed by atoms with van der Waals surface area (Å²) in [7, 11) is -1.91. The summed E-state index contributed by atoms with van der Waals surface area (Å²) in [6.07, 6.45) is 0. The molecule has 0 N–H and O–H groups in total. The minimum atomic E-state index is -3.19. The van der Waals surface area contributed by atoms with Gasteiger partial charge in [0, 0.05) is 7.11 Å². The Bertz CT molecular complexity index is 174. The molecule has 0 saturated carbocycles. The van der Waals surface area contributed by atoms with Crippen molar-refractivity contribution in [3.05, 3.63) is 12.2 Å². The Hall–Kier alpha value is -0.150. The highest BCUT2D eigenvalue weighted by Crippen LogP contribution is 2.51. The van der Waals surface area contributed by atoms with Gasteiger partial charge in [0.05, 0.1) is 13.2 Å². The third kappa shape index (κ3) is 1.67. The normalized spacial score (nSPS) is 24.7. The van der Waals surface area contributed by atoms with Crippen molar-refractivity contribution in [3.63, 3.8) is 0 Å². The second-order valence-corrected chi connectivity index (χ2v) is 3.70. The van der Waals surface area contributed by atoms with Crippen molar-refractivity contribution < 1.29 is 18.1 Å². The van der Waals surface area contributed by atoms with Crippen LogP contribution in [-0.2, 0) is 18.1 Å². The van der Waals surface area contributed by atoms with Gasteiger partial charge < -0.3 is 0 Å². The van der Waals surface area contributed by atoms with Crippen LogP contribution >= 0.6 is 7.82 Å². The van der Waals surface area contributed by atoms with Crippen LogP contribution in [0.15, 0.2) is 12.2 Å². The Balaban J connectivity index is 2.54. The van der Waals surface area contributed by atoms with E-state index < -0.39 is 7.82 Å². The Morgan fingerprint density at radius 1 is 1.60 bits per heavy atom. The van der Waals surface area contributed by atoms with Crippen LogP contribution in [0.25, 0.3) is 0 Å². The highest BCUT2D eigenvalue weighted by Gasteiger charge is 2.29. The quantitative estimate of drug-likeness (QED) is 0.433. The van der Waals surface area contributed by atoms with Gasteiger partial charge in [0.15, 0.2) is 0 Å². The molecule has 5 heteroatoms. The first kappa shape index (κ1) is 7.95. The lowest BCUT2D eigenvalue weighted by Gasteiger charge is -2.21. The van der Waals surface area contributed by atoms with E-state index in [4.69, 9.17) is 9.05 Å². The molecule has 1 fully saturated rings. The standard InChI is InChI=1S/C5H9O4P/c1-5-3-8-10(6,7-2)9-4-5/h1,3-4H2,2H3. The lowest BCUT2D eigenvalue weighted by atomic mass is 10.4. The summed E-state index contributed by atoms with van der Waals surface area (Å²) in [5.41, 5.74) is 0.767. The molecule has 0 aromatic heterocycles. The summed E-state index contributed by atoms with van der Waals surface area (Å²) in [6.45, 7) is 4.10. The molecule has 0 aromatic carbocycles. The van der Waals surface area contributed by atoms with Crippen molar-refractivity contribution >= 4 is 7.82 Å². The molecule has 0 aliphatic carbocycles. The lowest BCUT2D eigenvalue weighted by molar-refractivity contribution is 0.118. The van der Waals surface area contributed by atoms with E-state index in [2.05, 4.69) is 11.1 Å². The van der Waals surface area contributed by atoms with Crippen molar-refractivity contribution in [3.8, 4) is 0 Å². The highest BCUT2D eigenvalue weighted by atomic mass is 31.2. The predicted octanol–water partition coefficient (Wildman–Crippen LogP) is 1.34. The predicted molar refractivity (Wildman–Crippen MR) is 35.7 cm³/mol. The zero-order chi connectivity index (χ0) is 7.61. The molecule has 0 spiro atoms. The second kappa shape index (κ2) is 2.84. The summed E-state index contributed by atoms with van der Waals surface area (Å²) < 4.78 is 25.0. The van der Waals surface area contributed by atoms with Gasteiger partial charge in [0.25, 0.3) is 0 Å². The second-order valence-electron chi connectivity index (χ2n) is 1.93. The highest BCUT2D eigenvalue weighted by molar-refractivity contribution is 7.48. The minimum absolute atomic E-state index is 0.255. The van der Waals surface area contributed by atoms with Gasteiger partial charge in [-0.15, -0.1) is 0 Å². The average Bonchev–Trinajstić information content (AvgIpc) is 1.96. The van der Waals surface area contributed by atoms with Gasteiger partial charge in [0.2, 0.25) is 0 Å². The van der Waals surface area contributed by atoms with E-state index in [-0.39, 0.29) is 13.2 Å². The molecule has 1 aliphatic heterocycles. The summed E-state index contributed by atoms with van der Waals surface area (Å²) in [6, 6.07) is 0. The van der Waals surface area contributed by atoms with E-state index in [0.29, 0.717) is 0 Å². The maximum absolute atomic E-state index is 11.0. The van der Waals surface area contributed by atoms with Crippen LogP contribution in [0.3, 0.4) is 0 Å². The van der Waals surface area contributed by atoms with Gasteiger partial charge in [-0.2, -0.15) is 0 Å². The number of rotatable bonds is 1. The third-order valence-corrected chi connectivity index (χ3v) is 2.42. The molecule has 1 saturated heterocycles. The summed E-state index contributed by atoms with van der Waals surface area (Å²) >= 11 is 0. The molecular weight excluding hydrogens is 155 g/mol. The van der Waals surface area contributed by atoms with E-state index >= 15 is 0 Å². The van der Waals surface area contributed by atoms with Crippen LogP contribution in [0.1, 0.15) is 0 Å². The van der Waals surface area contributed by atoms with Gasteiger partial charge in [0.1, 0.15) is 0 Å². The van der Waals surface area contributed by atoms with Gasteiger partial charge in [-0.05, 0) is 5.57 Å². The Labute approximate surface area is 59.4 Å². The van der Waals surface area contributed by atoms with Crippen LogP contribution in [0, 0.1) is 0 Å². The van der Waals surface area contributed by atoms with Crippen LogP contribution in [0.5, 0.6) is 0 Å². The number of hydrogen-bond donors (Lipinski definition) is 0. The molecular formula is C5H9O4P. The fourth-order valence-electron chi connectivity index (χ4n) is 0.525. The molecule has 0 atom stereocenters. The number of hydrogen-bond acceptors (Lipinski definition) is 4. The molecule has 1 heterocycles. The van der Waals surface area contributed by atoms with Gasteiger partial charge in [-0.3, -0.25) is 13.6 Å². The van der Waals surface area contributed by atoms with E-state index in [1.54, 1.807) is 0 Å². The van der Waals surface area contributed by atoms with Gasteiger partial charge >= 0.3 is 7.82 Å². The third-order valence-electron chi connectivity index (χ3n) is 1.08. The first-order valence-corrected chi connectivity index (χ1v) is 4.24. The SMILES string of the molecule is C=C1COP(=O)(OC)OC1. The van der Waals surface area contributed by atoms with E-state index in [1.165, 1.54) is 7.11 Å². The fourth-order valence-corrected chi connectivity index (χ4v) is 1.49. The van der Waals surface area contributed by atoms with E-state index in [1.807, 2.05) is 0 Å². The summed E-state index contributed by atoms with van der Waals surface area (Å²) in [4.78, 5) is 0.